The van der Waals surface area contributed by atoms with Crippen LogP contribution in [0.5, 0.6) is 0 Å². The second-order valence-electron chi connectivity index (χ2n) is 3.60. The van der Waals surface area contributed by atoms with Gasteiger partial charge >= 0.3 is 0 Å². The molecule has 0 unspecified atom stereocenters. The number of hydrogen-bond acceptors (Lipinski definition) is 4. The Bertz CT molecular complexity index is 529. The highest BCUT2D eigenvalue weighted by molar-refractivity contribution is 9.10. The molecule has 0 saturated carbocycles. The van der Waals surface area contributed by atoms with Crippen LogP contribution in [-0.4, -0.2) is 10.1 Å². The molecule has 0 bridgehead atoms. The van der Waals surface area contributed by atoms with E-state index in [-0.39, 0.29) is 6.04 Å². The van der Waals surface area contributed by atoms with Gasteiger partial charge < -0.3 is 10.3 Å². The van der Waals surface area contributed by atoms with Crippen molar-refractivity contribution in [3.63, 3.8) is 0 Å². The van der Waals surface area contributed by atoms with Crippen molar-refractivity contribution in [2.45, 2.75) is 19.4 Å². The third kappa shape index (κ3) is 2.68. The third-order valence-electron chi connectivity index (χ3n) is 2.38. The van der Waals surface area contributed by atoms with E-state index >= 15 is 0 Å². The monoisotopic (exact) mass is 315 g/mol. The van der Waals surface area contributed by atoms with Crippen LogP contribution in [0.1, 0.15) is 25.3 Å². The van der Waals surface area contributed by atoms with Gasteiger partial charge in [0.05, 0.1) is 11.1 Å². The Kier molecular flexibility index (Phi) is 3.81. The molecule has 0 aliphatic carbocycles. The Morgan fingerprint density at radius 3 is 2.94 bits per heavy atom. The average molecular weight is 317 g/mol. The first-order valence-electron chi connectivity index (χ1n) is 5.16. The fourth-order valence-electron chi connectivity index (χ4n) is 1.31. The van der Waals surface area contributed by atoms with Crippen molar-refractivity contribution in [3.8, 4) is 11.4 Å². The summed E-state index contributed by atoms with van der Waals surface area (Å²) in [6.45, 7) is 1.97. The van der Waals surface area contributed by atoms with Crippen LogP contribution < -0.4 is 5.73 Å². The quantitative estimate of drug-likeness (QED) is 0.940. The van der Waals surface area contributed by atoms with E-state index in [9.17, 15) is 0 Å². The van der Waals surface area contributed by atoms with Gasteiger partial charge in [-0.25, -0.2) is 0 Å². The molecule has 4 nitrogen and oxygen atoms in total. The van der Waals surface area contributed by atoms with Gasteiger partial charge in [-0.2, -0.15) is 4.98 Å². The fraction of sp³-hybridized carbons (Fsp3) is 0.273. The lowest BCUT2D eigenvalue weighted by Crippen LogP contribution is -2.08. The van der Waals surface area contributed by atoms with Crippen LogP contribution in [-0.2, 0) is 0 Å². The van der Waals surface area contributed by atoms with Crippen LogP contribution in [0, 0.1) is 0 Å². The molecule has 2 N–H and O–H groups in total. The smallest absolute Gasteiger partial charge is 0.243 e. The van der Waals surface area contributed by atoms with E-state index in [1.807, 2.05) is 19.1 Å². The summed E-state index contributed by atoms with van der Waals surface area (Å²) in [7, 11) is 0. The molecule has 0 aliphatic heterocycles. The summed E-state index contributed by atoms with van der Waals surface area (Å²) in [5.74, 6) is 0.967. The molecule has 0 amide bonds. The van der Waals surface area contributed by atoms with Crippen molar-refractivity contribution in [2.24, 2.45) is 5.73 Å². The predicted molar refractivity (Wildman–Crippen MR) is 69.7 cm³/mol. The number of nitrogens with zero attached hydrogens (tertiary/aromatic N) is 2. The van der Waals surface area contributed by atoms with Crippen LogP contribution in [0.3, 0.4) is 0 Å². The minimum atomic E-state index is -0.216. The number of rotatable bonds is 3. The SMILES string of the molecule is CC[C@H](N)c1nc(-c2ccc(Cl)c(Br)c2)no1. The number of halogens is 2. The van der Waals surface area contributed by atoms with E-state index in [1.54, 1.807) is 6.07 Å². The van der Waals surface area contributed by atoms with Crippen LogP contribution in [0.4, 0.5) is 0 Å². The van der Waals surface area contributed by atoms with Gasteiger partial charge in [-0.3, -0.25) is 0 Å². The maximum Gasteiger partial charge on any atom is 0.243 e. The molecule has 0 spiro atoms. The Balaban J connectivity index is 2.33. The van der Waals surface area contributed by atoms with E-state index in [2.05, 4.69) is 26.1 Å². The summed E-state index contributed by atoms with van der Waals surface area (Å²) in [4.78, 5) is 4.26. The summed E-state index contributed by atoms with van der Waals surface area (Å²) < 4.78 is 5.90. The number of aromatic nitrogens is 2. The summed E-state index contributed by atoms with van der Waals surface area (Å²) in [6.07, 6.45) is 0.756. The molecule has 1 heterocycles. The normalized spacial score (nSPS) is 12.7. The van der Waals surface area contributed by atoms with E-state index < -0.39 is 0 Å². The highest BCUT2D eigenvalue weighted by atomic mass is 79.9. The largest absolute Gasteiger partial charge is 0.337 e. The molecule has 0 saturated heterocycles. The van der Waals surface area contributed by atoms with Gasteiger partial charge in [0.2, 0.25) is 11.7 Å². The van der Waals surface area contributed by atoms with E-state index in [1.165, 1.54) is 0 Å². The molecule has 0 radical (unpaired) electrons. The van der Waals surface area contributed by atoms with Crippen molar-refractivity contribution >= 4 is 27.5 Å². The van der Waals surface area contributed by atoms with Crippen LogP contribution in [0.25, 0.3) is 11.4 Å². The lowest BCUT2D eigenvalue weighted by Gasteiger charge is -1.99. The maximum atomic E-state index is 5.92. The third-order valence-corrected chi connectivity index (χ3v) is 3.59. The lowest BCUT2D eigenvalue weighted by molar-refractivity contribution is 0.352. The molecular formula is C11H11BrClN3O. The summed E-state index contributed by atoms with van der Waals surface area (Å²) in [5.41, 5.74) is 6.65. The van der Waals surface area contributed by atoms with Crippen LogP contribution in [0.2, 0.25) is 5.02 Å². The van der Waals surface area contributed by atoms with Gasteiger partial charge in [-0.05, 0) is 40.5 Å². The average Bonchev–Trinajstić information content (AvgIpc) is 2.81. The van der Waals surface area contributed by atoms with Gasteiger partial charge in [0.15, 0.2) is 0 Å². The topological polar surface area (TPSA) is 64.9 Å². The Labute approximate surface area is 112 Å². The first kappa shape index (κ1) is 12.5. The first-order chi connectivity index (χ1) is 8.11. The minimum Gasteiger partial charge on any atom is -0.337 e. The molecule has 1 aromatic carbocycles. The van der Waals surface area contributed by atoms with E-state index in [0.717, 1.165) is 16.5 Å². The number of hydrogen-bond donors (Lipinski definition) is 1. The standard InChI is InChI=1S/C11H11BrClN3O/c1-2-9(14)11-15-10(16-17-11)6-3-4-8(13)7(12)5-6/h3-5,9H,2,14H2,1H3/t9-/m0/s1. The van der Waals surface area contributed by atoms with E-state index in [0.29, 0.717) is 16.7 Å². The van der Waals surface area contributed by atoms with Crippen molar-refractivity contribution in [1.82, 2.24) is 10.1 Å². The molecule has 0 fully saturated rings. The minimum absolute atomic E-state index is 0.216. The van der Waals surface area contributed by atoms with Gasteiger partial charge in [-0.15, -0.1) is 0 Å². The Morgan fingerprint density at radius 2 is 2.29 bits per heavy atom. The second kappa shape index (κ2) is 5.16. The molecule has 0 aliphatic rings. The summed E-state index contributed by atoms with van der Waals surface area (Å²) in [6, 6.07) is 5.23. The first-order valence-corrected chi connectivity index (χ1v) is 6.33. The van der Waals surface area contributed by atoms with Crippen molar-refractivity contribution in [1.29, 1.82) is 0 Å². The molecule has 1 aromatic heterocycles. The van der Waals surface area contributed by atoms with Crippen molar-refractivity contribution in [2.75, 3.05) is 0 Å². The molecule has 2 aromatic rings. The van der Waals surface area contributed by atoms with Gasteiger partial charge in [0.25, 0.3) is 0 Å². The highest BCUT2D eigenvalue weighted by Gasteiger charge is 2.14. The molecule has 17 heavy (non-hydrogen) atoms. The molecule has 90 valence electrons. The lowest BCUT2D eigenvalue weighted by atomic mass is 10.2. The van der Waals surface area contributed by atoms with Gasteiger partial charge in [0, 0.05) is 10.0 Å². The number of benzene rings is 1. The molecule has 2 rings (SSSR count). The maximum absolute atomic E-state index is 5.92. The van der Waals surface area contributed by atoms with Crippen LogP contribution in [0.15, 0.2) is 27.2 Å². The second-order valence-corrected chi connectivity index (χ2v) is 4.86. The van der Waals surface area contributed by atoms with E-state index in [4.69, 9.17) is 21.9 Å². The van der Waals surface area contributed by atoms with Gasteiger partial charge in [-0.1, -0.05) is 23.7 Å². The zero-order chi connectivity index (χ0) is 12.4. The zero-order valence-corrected chi connectivity index (χ0v) is 11.5. The van der Waals surface area contributed by atoms with Crippen molar-refractivity contribution in [3.05, 3.63) is 33.6 Å². The summed E-state index contributed by atoms with van der Waals surface area (Å²) in [5, 5.41) is 4.54. The van der Waals surface area contributed by atoms with Crippen LogP contribution >= 0.6 is 27.5 Å². The Morgan fingerprint density at radius 1 is 1.53 bits per heavy atom. The zero-order valence-electron chi connectivity index (χ0n) is 9.15. The molecular weight excluding hydrogens is 305 g/mol. The number of nitrogens with two attached hydrogens (primary N) is 1. The summed E-state index contributed by atoms with van der Waals surface area (Å²) >= 11 is 9.27. The Hall–Kier alpha value is -0.910. The predicted octanol–water partition coefficient (Wildman–Crippen LogP) is 3.56. The highest BCUT2D eigenvalue weighted by Crippen LogP contribution is 2.27. The fourth-order valence-corrected chi connectivity index (χ4v) is 1.81. The molecule has 6 heteroatoms. The van der Waals surface area contributed by atoms with Gasteiger partial charge in [0.1, 0.15) is 0 Å². The van der Waals surface area contributed by atoms with Crippen molar-refractivity contribution < 1.29 is 4.52 Å². The molecule has 1 atom stereocenters.